The van der Waals surface area contributed by atoms with Crippen molar-refractivity contribution in [3.05, 3.63) is 70.2 Å². The Kier molecular flexibility index (Phi) is 10.4. The van der Waals surface area contributed by atoms with E-state index in [1.54, 1.807) is 13.0 Å². The molecule has 2 rings (SSSR count). The number of aryl methyl sites for hydroxylation is 1. The molecule has 4 N–H and O–H groups in total. The number of rotatable bonds is 8. The molecule has 0 saturated heterocycles. The van der Waals surface area contributed by atoms with Crippen molar-refractivity contribution in [1.29, 1.82) is 0 Å². The summed E-state index contributed by atoms with van der Waals surface area (Å²) >= 11 is 0. The molecule has 0 spiro atoms. The maximum Gasteiger partial charge on any atom is 0.296 e. The van der Waals surface area contributed by atoms with Gasteiger partial charge in [-0.2, -0.15) is 0 Å². The first-order chi connectivity index (χ1) is 14.2. The number of carbonyl (C=O) groups excluding carboxylic acids is 1. The minimum Gasteiger partial charge on any atom is -0.501 e. The fraction of sp³-hybridized carbons (Fsp3) is 0.381. The van der Waals surface area contributed by atoms with Gasteiger partial charge in [0, 0.05) is 32.7 Å². The lowest BCUT2D eigenvalue weighted by molar-refractivity contribution is 0.0941. The van der Waals surface area contributed by atoms with E-state index in [4.69, 9.17) is 5.73 Å². The van der Waals surface area contributed by atoms with Crippen LogP contribution in [0.2, 0.25) is 0 Å². The number of nitrogens with zero attached hydrogens (tertiary/aromatic N) is 3. The maximum atomic E-state index is 12.9. The van der Waals surface area contributed by atoms with Crippen molar-refractivity contribution in [2.75, 3.05) is 26.7 Å². The zero-order valence-electron chi connectivity index (χ0n) is 17.7. The molecule has 1 amide bonds. The van der Waals surface area contributed by atoms with Crippen LogP contribution in [0.15, 0.2) is 41.7 Å². The summed E-state index contributed by atoms with van der Waals surface area (Å²) < 4.78 is 14.2. The van der Waals surface area contributed by atoms with Crippen LogP contribution in [0.25, 0.3) is 0 Å². The van der Waals surface area contributed by atoms with Gasteiger partial charge in [0.15, 0.2) is 5.69 Å². The molecular formula is C21H30FN5O3. The highest BCUT2D eigenvalue weighted by Crippen LogP contribution is 2.10. The summed E-state index contributed by atoms with van der Waals surface area (Å²) in [6.45, 7) is 9.01. The number of hydrogen-bond donors (Lipinski definition) is 3. The number of nitrogens with one attached hydrogen (secondary N) is 1. The SMILES string of the molecule is C=CC.Cc1nc(C(=O)NCc2ccc(F)cc2)c(O)c(=O)n1CCN(C)CCN. The largest absolute Gasteiger partial charge is 0.501 e. The number of aromatic hydroxyl groups is 1. The molecule has 30 heavy (non-hydrogen) atoms. The van der Waals surface area contributed by atoms with E-state index >= 15 is 0 Å². The zero-order chi connectivity index (χ0) is 22.7. The summed E-state index contributed by atoms with van der Waals surface area (Å²) in [6.07, 6.45) is 1.75. The van der Waals surface area contributed by atoms with Gasteiger partial charge in [-0.3, -0.25) is 14.2 Å². The Balaban J connectivity index is 0.00000141. The first kappa shape index (κ1) is 25.0. The van der Waals surface area contributed by atoms with Gasteiger partial charge < -0.3 is 21.1 Å². The standard InChI is InChI=1S/C18H24FN5O3.C3H6/c1-12-22-15(17(26)21-11-13-3-5-14(19)6-4-13)16(25)18(27)24(12)10-9-23(2)8-7-20;1-3-2/h3-6,25H,7-11,20H2,1-2H3,(H,21,26);3H,1H2,2H3. The van der Waals surface area contributed by atoms with E-state index in [1.807, 2.05) is 18.9 Å². The Morgan fingerprint density at radius 3 is 2.53 bits per heavy atom. The Labute approximate surface area is 175 Å². The van der Waals surface area contributed by atoms with Crippen molar-refractivity contribution in [1.82, 2.24) is 19.8 Å². The number of nitrogens with two attached hydrogens (primary N) is 1. The quantitative estimate of drug-likeness (QED) is 0.558. The molecule has 8 nitrogen and oxygen atoms in total. The first-order valence-corrected chi connectivity index (χ1v) is 9.53. The molecule has 0 saturated carbocycles. The number of hydrogen-bond acceptors (Lipinski definition) is 6. The summed E-state index contributed by atoms with van der Waals surface area (Å²) in [5, 5.41) is 12.7. The molecule has 0 radical (unpaired) electrons. The molecule has 1 aromatic carbocycles. The monoisotopic (exact) mass is 419 g/mol. The van der Waals surface area contributed by atoms with Crippen molar-refractivity contribution in [2.45, 2.75) is 26.9 Å². The predicted octanol–water partition coefficient (Wildman–Crippen LogP) is 1.41. The van der Waals surface area contributed by atoms with Crippen molar-refractivity contribution >= 4 is 5.91 Å². The lowest BCUT2D eigenvalue weighted by Crippen LogP contribution is -2.34. The number of allylic oxidation sites excluding steroid dienone is 1. The molecular weight excluding hydrogens is 389 g/mol. The third-order valence-corrected chi connectivity index (χ3v) is 4.13. The minimum absolute atomic E-state index is 0.117. The zero-order valence-corrected chi connectivity index (χ0v) is 17.7. The Morgan fingerprint density at radius 2 is 1.97 bits per heavy atom. The molecule has 0 bridgehead atoms. The fourth-order valence-corrected chi connectivity index (χ4v) is 2.54. The van der Waals surface area contributed by atoms with Gasteiger partial charge in [0.2, 0.25) is 5.75 Å². The van der Waals surface area contributed by atoms with Crippen LogP contribution < -0.4 is 16.6 Å². The molecule has 0 aliphatic carbocycles. The van der Waals surface area contributed by atoms with Crippen molar-refractivity contribution in [3.8, 4) is 5.75 Å². The molecule has 164 valence electrons. The van der Waals surface area contributed by atoms with E-state index in [0.717, 1.165) is 0 Å². The normalized spacial score (nSPS) is 10.3. The number of likely N-dealkylation sites (N-methyl/N-ethyl adjacent to an activating group) is 1. The third kappa shape index (κ3) is 7.41. The number of carbonyl (C=O) groups is 1. The van der Waals surface area contributed by atoms with Crippen LogP contribution in [0.5, 0.6) is 5.75 Å². The van der Waals surface area contributed by atoms with E-state index < -0.39 is 17.2 Å². The average Bonchev–Trinajstić information content (AvgIpc) is 2.70. The summed E-state index contributed by atoms with van der Waals surface area (Å²) in [5.74, 6) is -1.42. The van der Waals surface area contributed by atoms with Crippen LogP contribution >= 0.6 is 0 Å². The molecule has 0 fully saturated rings. The van der Waals surface area contributed by atoms with Crippen molar-refractivity contribution < 1.29 is 14.3 Å². The van der Waals surface area contributed by atoms with Gasteiger partial charge in [0.1, 0.15) is 11.6 Å². The third-order valence-electron chi connectivity index (χ3n) is 4.13. The number of halogens is 1. The highest BCUT2D eigenvalue weighted by Gasteiger charge is 2.19. The molecule has 2 aromatic rings. The second kappa shape index (κ2) is 12.5. The van der Waals surface area contributed by atoms with Gasteiger partial charge in [-0.15, -0.1) is 6.58 Å². The maximum absolute atomic E-state index is 12.9. The molecule has 0 aliphatic heterocycles. The minimum atomic E-state index is -0.696. The predicted molar refractivity (Wildman–Crippen MR) is 115 cm³/mol. The number of amides is 1. The van der Waals surface area contributed by atoms with Gasteiger partial charge in [-0.25, -0.2) is 9.37 Å². The van der Waals surface area contributed by atoms with Gasteiger partial charge >= 0.3 is 0 Å². The smallest absolute Gasteiger partial charge is 0.296 e. The van der Waals surface area contributed by atoms with Gasteiger partial charge in [0.25, 0.3) is 11.5 Å². The lowest BCUT2D eigenvalue weighted by atomic mass is 10.2. The first-order valence-electron chi connectivity index (χ1n) is 9.53. The van der Waals surface area contributed by atoms with Crippen LogP contribution in [-0.2, 0) is 13.1 Å². The van der Waals surface area contributed by atoms with E-state index in [0.29, 0.717) is 37.6 Å². The van der Waals surface area contributed by atoms with Crippen LogP contribution in [0.4, 0.5) is 4.39 Å². The summed E-state index contributed by atoms with van der Waals surface area (Å²) in [7, 11) is 1.87. The highest BCUT2D eigenvalue weighted by molar-refractivity contribution is 5.94. The molecule has 0 atom stereocenters. The Hall–Kier alpha value is -3.04. The topological polar surface area (TPSA) is 113 Å². The summed E-state index contributed by atoms with van der Waals surface area (Å²) in [4.78, 5) is 30.7. The fourth-order valence-electron chi connectivity index (χ4n) is 2.54. The number of benzene rings is 1. The van der Waals surface area contributed by atoms with Crippen LogP contribution in [0, 0.1) is 12.7 Å². The van der Waals surface area contributed by atoms with E-state index in [9.17, 15) is 19.1 Å². The summed E-state index contributed by atoms with van der Waals surface area (Å²) in [5.41, 5.74) is 5.17. The van der Waals surface area contributed by atoms with Crippen molar-refractivity contribution in [2.24, 2.45) is 5.73 Å². The van der Waals surface area contributed by atoms with E-state index in [2.05, 4.69) is 16.9 Å². The van der Waals surface area contributed by atoms with Gasteiger partial charge in [-0.1, -0.05) is 18.2 Å². The molecule has 0 aliphatic rings. The average molecular weight is 420 g/mol. The summed E-state index contributed by atoms with van der Waals surface area (Å²) in [6, 6.07) is 5.63. The Morgan fingerprint density at radius 1 is 1.37 bits per heavy atom. The highest BCUT2D eigenvalue weighted by atomic mass is 19.1. The van der Waals surface area contributed by atoms with Crippen LogP contribution in [0.3, 0.4) is 0 Å². The second-order valence-corrected chi connectivity index (χ2v) is 6.62. The van der Waals surface area contributed by atoms with Crippen LogP contribution in [0.1, 0.15) is 28.8 Å². The van der Waals surface area contributed by atoms with Crippen LogP contribution in [-0.4, -0.2) is 52.1 Å². The van der Waals surface area contributed by atoms with E-state index in [1.165, 1.54) is 28.8 Å². The van der Waals surface area contributed by atoms with Gasteiger partial charge in [0.05, 0.1) is 0 Å². The number of aromatic nitrogens is 2. The molecule has 1 heterocycles. The Bertz CT molecular complexity index is 897. The van der Waals surface area contributed by atoms with Gasteiger partial charge in [-0.05, 0) is 38.6 Å². The molecule has 0 unspecified atom stereocenters. The lowest BCUT2D eigenvalue weighted by Gasteiger charge is -2.18. The van der Waals surface area contributed by atoms with E-state index in [-0.39, 0.29) is 18.1 Å². The van der Waals surface area contributed by atoms with Crippen molar-refractivity contribution in [3.63, 3.8) is 0 Å². The molecule has 9 heteroatoms. The molecule has 1 aromatic heterocycles. The second-order valence-electron chi connectivity index (χ2n) is 6.62.